The molecule has 7 nitrogen and oxygen atoms in total. The van der Waals surface area contributed by atoms with E-state index in [-0.39, 0.29) is 17.4 Å². The maximum absolute atomic E-state index is 11.6. The van der Waals surface area contributed by atoms with Crippen LogP contribution in [0.4, 0.5) is 0 Å². The molecule has 2 bridgehead atoms. The molecule has 4 heterocycles. The van der Waals surface area contributed by atoms with Crippen molar-refractivity contribution in [2.45, 2.75) is 30.2 Å². The number of nitrogens with one attached hydrogen (secondary N) is 1. The van der Waals surface area contributed by atoms with Crippen molar-refractivity contribution in [3.05, 3.63) is 30.0 Å². The van der Waals surface area contributed by atoms with Gasteiger partial charge in [0.05, 0.1) is 23.8 Å². The molecule has 124 valence electrons. The maximum Gasteiger partial charge on any atom is 0.252 e. The van der Waals surface area contributed by atoms with Gasteiger partial charge in [-0.2, -0.15) is 0 Å². The average molecular weight is 327 g/mol. The Kier molecular flexibility index (Phi) is 2.55. The molecule has 1 amide bonds. The molecule has 3 aliphatic heterocycles. The lowest BCUT2D eigenvalue weighted by atomic mass is 10.1. The van der Waals surface area contributed by atoms with Gasteiger partial charge in [0.1, 0.15) is 18.6 Å². The van der Waals surface area contributed by atoms with Gasteiger partial charge in [0.15, 0.2) is 0 Å². The number of aromatic nitrogens is 1. The third-order valence-corrected chi connectivity index (χ3v) is 5.42. The number of rotatable bonds is 5. The van der Waals surface area contributed by atoms with Crippen LogP contribution in [-0.2, 0) is 4.74 Å². The summed E-state index contributed by atoms with van der Waals surface area (Å²) in [6.45, 7) is 0.509. The molecule has 6 rings (SSSR count). The highest BCUT2D eigenvalue weighted by atomic mass is 16.6. The number of hydrogen-bond donors (Lipinski definition) is 2. The summed E-state index contributed by atoms with van der Waals surface area (Å²) in [6, 6.07) is 5.27. The highest BCUT2D eigenvalue weighted by Gasteiger charge is 2.82. The molecule has 24 heavy (non-hydrogen) atoms. The zero-order chi connectivity index (χ0) is 16.5. The van der Waals surface area contributed by atoms with Crippen molar-refractivity contribution in [1.82, 2.24) is 10.3 Å². The Balaban J connectivity index is 1.48. The smallest absolute Gasteiger partial charge is 0.252 e. The molecule has 1 aromatic carbocycles. The first kappa shape index (κ1) is 14.0. The van der Waals surface area contributed by atoms with Gasteiger partial charge in [0, 0.05) is 24.4 Å². The number of benzene rings is 1. The van der Waals surface area contributed by atoms with E-state index in [1.807, 2.05) is 6.07 Å². The van der Waals surface area contributed by atoms with Gasteiger partial charge in [0.2, 0.25) is 5.88 Å². The predicted octanol–water partition coefficient (Wildman–Crippen LogP) is 0.952. The molecule has 7 heteroatoms. The lowest BCUT2D eigenvalue weighted by molar-refractivity contribution is -0.116. The summed E-state index contributed by atoms with van der Waals surface area (Å²) in [6.07, 6.45) is 3.89. The lowest BCUT2D eigenvalue weighted by Crippen LogP contribution is -2.38. The second-order valence-corrected chi connectivity index (χ2v) is 6.75. The fourth-order valence-corrected chi connectivity index (χ4v) is 4.07. The minimum atomic E-state index is -0.529. The van der Waals surface area contributed by atoms with Crippen molar-refractivity contribution < 1.29 is 19.0 Å². The Morgan fingerprint density at radius 2 is 2.38 bits per heavy atom. The van der Waals surface area contributed by atoms with Crippen LogP contribution in [0.5, 0.6) is 11.6 Å². The summed E-state index contributed by atoms with van der Waals surface area (Å²) in [5.41, 5.74) is 5.67. The van der Waals surface area contributed by atoms with E-state index in [0.717, 1.165) is 23.6 Å². The van der Waals surface area contributed by atoms with Crippen molar-refractivity contribution in [2.24, 2.45) is 5.73 Å². The highest BCUT2D eigenvalue weighted by molar-refractivity contribution is 6.01. The number of nitrogens with two attached hydrogens (primary N) is 1. The SMILES string of the molecule is COc1cc2c(OC[C@@]34C[C@]35CC(N4)O5)nccc2cc1C(N)=O. The Labute approximate surface area is 138 Å². The second kappa shape index (κ2) is 4.37. The van der Waals surface area contributed by atoms with Crippen LogP contribution < -0.4 is 20.5 Å². The van der Waals surface area contributed by atoms with Crippen molar-refractivity contribution in [2.75, 3.05) is 13.7 Å². The predicted molar refractivity (Wildman–Crippen MR) is 85.0 cm³/mol. The third kappa shape index (κ3) is 1.68. The molecule has 1 unspecified atom stereocenters. The van der Waals surface area contributed by atoms with E-state index in [2.05, 4.69) is 10.3 Å². The molecule has 3 atom stereocenters. The standard InChI is InChI=1S/C17H17N3O4/c1-22-12-5-10-9(4-11(12)14(18)21)2-3-19-15(10)23-8-16-7-17(16)6-13(20-16)24-17/h2-5,13,20H,6-8H2,1H3,(H2,18,21)/t13?,16-,17+/m0/s1. The summed E-state index contributed by atoms with van der Waals surface area (Å²) in [5.74, 6) is 0.404. The van der Waals surface area contributed by atoms with Crippen molar-refractivity contribution >= 4 is 16.7 Å². The summed E-state index contributed by atoms with van der Waals surface area (Å²) < 4.78 is 17.1. The van der Waals surface area contributed by atoms with E-state index in [9.17, 15) is 4.79 Å². The number of carbonyl (C=O) groups excluding carboxylic acids is 1. The number of pyridine rings is 1. The first-order valence-corrected chi connectivity index (χ1v) is 7.91. The Bertz CT molecular complexity index is 878. The van der Waals surface area contributed by atoms with Gasteiger partial charge in [-0.05, 0) is 23.6 Å². The zero-order valence-electron chi connectivity index (χ0n) is 13.2. The number of fused-ring (bicyclic) bond motifs is 1. The molecule has 0 radical (unpaired) electrons. The monoisotopic (exact) mass is 327 g/mol. The van der Waals surface area contributed by atoms with Gasteiger partial charge in [-0.1, -0.05) is 0 Å². The van der Waals surface area contributed by atoms with Gasteiger partial charge in [-0.25, -0.2) is 4.98 Å². The lowest BCUT2D eigenvalue weighted by Gasteiger charge is -2.28. The summed E-state index contributed by atoms with van der Waals surface area (Å²) in [4.78, 5) is 15.9. The quantitative estimate of drug-likeness (QED) is 0.849. The molecular formula is C17H17N3O4. The number of ether oxygens (including phenoxy) is 3. The Hall–Kier alpha value is -2.38. The van der Waals surface area contributed by atoms with Crippen LogP contribution in [0, 0.1) is 0 Å². The molecule has 1 spiro atoms. The first-order chi connectivity index (χ1) is 11.6. The van der Waals surface area contributed by atoms with E-state index < -0.39 is 5.91 Å². The molecule has 4 fully saturated rings. The number of carbonyl (C=O) groups is 1. The van der Waals surface area contributed by atoms with Crippen LogP contribution in [0.3, 0.4) is 0 Å². The molecule has 1 aromatic heterocycles. The minimum Gasteiger partial charge on any atom is -0.496 e. The van der Waals surface area contributed by atoms with Gasteiger partial charge in [0.25, 0.3) is 5.91 Å². The summed E-state index contributed by atoms with van der Waals surface area (Å²) in [7, 11) is 1.50. The average Bonchev–Trinajstić information content (AvgIpc) is 2.98. The molecular weight excluding hydrogens is 310 g/mol. The van der Waals surface area contributed by atoms with E-state index in [0.29, 0.717) is 23.8 Å². The normalized spacial score (nSPS) is 32.1. The van der Waals surface area contributed by atoms with E-state index >= 15 is 0 Å². The van der Waals surface area contributed by atoms with Crippen LogP contribution >= 0.6 is 0 Å². The van der Waals surface area contributed by atoms with E-state index in [4.69, 9.17) is 19.9 Å². The van der Waals surface area contributed by atoms with E-state index in [1.165, 1.54) is 7.11 Å². The number of amides is 1. The van der Waals surface area contributed by atoms with Gasteiger partial charge >= 0.3 is 0 Å². The second-order valence-electron chi connectivity index (χ2n) is 6.75. The highest BCUT2D eigenvalue weighted by Crippen LogP contribution is 2.66. The maximum atomic E-state index is 11.6. The third-order valence-electron chi connectivity index (χ3n) is 5.42. The van der Waals surface area contributed by atoms with Gasteiger partial charge in [-0.15, -0.1) is 0 Å². The first-order valence-electron chi connectivity index (χ1n) is 7.91. The van der Waals surface area contributed by atoms with Crippen LogP contribution in [-0.4, -0.2) is 42.0 Å². The van der Waals surface area contributed by atoms with Crippen molar-refractivity contribution in [1.29, 1.82) is 0 Å². The fraction of sp³-hybridized carbons (Fsp3) is 0.412. The largest absolute Gasteiger partial charge is 0.496 e. The van der Waals surface area contributed by atoms with Gasteiger partial charge < -0.3 is 19.9 Å². The Morgan fingerprint density at radius 1 is 1.54 bits per heavy atom. The van der Waals surface area contributed by atoms with E-state index in [1.54, 1.807) is 18.3 Å². The topological polar surface area (TPSA) is 95.7 Å². The van der Waals surface area contributed by atoms with Gasteiger partial charge in [-0.3, -0.25) is 10.1 Å². The number of methoxy groups -OCH3 is 1. The zero-order valence-corrected chi connectivity index (χ0v) is 13.2. The summed E-state index contributed by atoms with van der Waals surface area (Å²) >= 11 is 0. The molecule has 4 aliphatic rings. The minimum absolute atomic E-state index is 0.0148. The number of piperidine rings is 1. The molecule has 1 saturated carbocycles. The Morgan fingerprint density at radius 3 is 3.00 bits per heavy atom. The number of hydrogen-bond acceptors (Lipinski definition) is 6. The van der Waals surface area contributed by atoms with Crippen LogP contribution in [0.15, 0.2) is 24.4 Å². The molecule has 1 aliphatic carbocycles. The van der Waals surface area contributed by atoms with Crippen molar-refractivity contribution in [3.8, 4) is 11.6 Å². The number of nitrogens with zero attached hydrogens (tertiary/aromatic N) is 1. The van der Waals surface area contributed by atoms with Crippen LogP contribution in [0.1, 0.15) is 23.2 Å². The van der Waals surface area contributed by atoms with Crippen LogP contribution in [0.25, 0.3) is 10.8 Å². The molecule has 3 N–H and O–H groups in total. The molecule has 2 aromatic rings. The molecule has 3 saturated heterocycles. The van der Waals surface area contributed by atoms with Crippen LogP contribution in [0.2, 0.25) is 0 Å². The number of primary amides is 1. The summed E-state index contributed by atoms with van der Waals surface area (Å²) in [5, 5.41) is 5.09. The van der Waals surface area contributed by atoms with Crippen molar-refractivity contribution in [3.63, 3.8) is 0 Å². The fourth-order valence-electron chi connectivity index (χ4n) is 4.07.